The topological polar surface area (TPSA) is 68.0 Å². The third-order valence-corrected chi connectivity index (χ3v) is 2.71. The van der Waals surface area contributed by atoms with E-state index in [0.717, 1.165) is 37.8 Å². The highest BCUT2D eigenvalue weighted by Crippen LogP contribution is 2.21. The van der Waals surface area contributed by atoms with Gasteiger partial charge in [0.05, 0.1) is 11.3 Å². The quantitative estimate of drug-likeness (QED) is 0.787. The molecule has 0 aromatic carbocycles. The van der Waals surface area contributed by atoms with E-state index in [2.05, 4.69) is 16.4 Å². The van der Waals surface area contributed by atoms with E-state index in [0.29, 0.717) is 16.9 Å². The number of anilines is 1. The molecule has 0 unspecified atom stereocenters. The third kappa shape index (κ3) is 3.05. The Kier molecular flexibility index (Phi) is 5.12. The van der Waals surface area contributed by atoms with Crippen molar-refractivity contribution in [2.75, 3.05) is 18.8 Å². The zero-order valence-electron chi connectivity index (χ0n) is 9.48. The van der Waals surface area contributed by atoms with Gasteiger partial charge in [0.2, 0.25) is 0 Å². The van der Waals surface area contributed by atoms with Gasteiger partial charge in [0.15, 0.2) is 6.29 Å². The molecule has 1 aromatic heterocycles. The normalized spacial score (nSPS) is 15.4. The Morgan fingerprint density at radius 2 is 2.29 bits per heavy atom. The van der Waals surface area contributed by atoms with Gasteiger partial charge < -0.3 is 11.1 Å². The first-order chi connectivity index (χ1) is 7.83. The summed E-state index contributed by atoms with van der Waals surface area (Å²) in [6.07, 6.45) is 6.68. The van der Waals surface area contributed by atoms with Gasteiger partial charge in [-0.05, 0) is 31.0 Å². The van der Waals surface area contributed by atoms with E-state index in [1.54, 1.807) is 12.3 Å². The minimum atomic E-state index is 0. The predicted molar refractivity (Wildman–Crippen MR) is 71.4 cm³/mol. The standard InChI is InChI=1S/C12H15N3O.ClH/c13-11-4-6-15-12(10(11)8-16)9-3-1-2-5-14-7-9;/h3-4,6,8,14H,1-2,5,7H2,(H2,13,15);1H. The number of nitrogens with zero attached hydrogens (tertiary/aromatic N) is 1. The average Bonchev–Trinajstić information content (AvgIpc) is 2.57. The molecule has 2 heterocycles. The van der Waals surface area contributed by atoms with Crippen molar-refractivity contribution in [3.63, 3.8) is 0 Å². The molecule has 0 aliphatic carbocycles. The van der Waals surface area contributed by atoms with E-state index in [1.165, 1.54) is 0 Å². The lowest BCUT2D eigenvalue weighted by atomic mass is 10.0. The van der Waals surface area contributed by atoms with Gasteiger partial charge in [0, 0.05) is 18.4 Å². The lowest BCUT2D eigenvalue weighted by molar-refractivity contribution is 0.112. The molecule has 0 fully saturated rings. The number of rotatable bonds is 2. The number of nitrogen functional groups attached to an aromatic ring is 1. The molecule has 0 saturated carbocycles. The van der Waals surface area contributed by atoms with Crippen molar-refractivity contribution in [2.24, 2.45) is 0 Å². The van der Waals surface area contributed by atoms with Crippen molar-refractivity contribution in [3.05, 3.63) is 29.6 Å². The van der Waals surface area contributed by atoms with Crippen LogP contribution in [0.1, 0.15) is 28.9 Å². The molecule has 0 saturated heterocycles. The number of aldehydes is 1. The minimum absolute atomic E-state index is 0. The lowest BCUT2D eigenvalue weighted by Crippen LogP contribution is -2.17. The number of nitrogens with two attached hydrogens (primary N) is 1. The van der Waals surface area contributed by atoms with E-state index in [4.69, 9.17) is 5.73 Å². The highest BCUT2D eigenvalue weighted by molar-refractivity contribution is 5.90. The van der Waals surface area contributed by atoms with Crippen LogP contribution < -0.4 is 11.1 Å². The summed E-state index contributed by atoms with van der Waals surface area (Å²) in [5.74, 6) is 0. The smallest absolute Gasteiger partial charge is 0.154 e. The van der Waals surface area contributed by atoms with E-state index in [-0.39, 0.29) is 12.4 Å². The molecule has 3 N–H and O–H groups in total. The molecular weight excluding hydrogens is 238 g/mol. The lowest BCUT2D eigenvalue weighted by Gasteiger charge is -2.09. The van der Waals surface area contributed by atoms with Crippen molar-refractivity contribution in [1.29, 1.82) is 0 Å². The number of carbonyl (C=O) groups is 1. The molecular formula is C12H16ClN3O. The maximum absolute atomic E-state index is 11.0. The second-order valence-electron chi connectivity index (χ2n) is 3.83. The van der Waals surface area contributed by atoms with Gasteiger partial charge in [0.1, 0.15) is 0 Å². The first kappa shape index (κ1) is 13.7. The molecule has 0 radical (unpaired) electrons. The van der Waals surface area contributed by atoms with E-state index in [1.807, 2.05) is 0 Å². The number of aromatic nitrogens is 1. The van der Waals surface area contributed by atoms with Crippen LogP contribution in [0.2, 0.25) is 0 Å². The number of nitrogens with one attached hydrogen (secondary N) is 1. The van der Waals surface area contributed by atoms with E-state index >= 15 is 0 Å². The molecule has 0 bridgehead atoms. The van der Waals surface area contributed by atoms with E-state index < -0.39 is 0 Å². The van der Waals surface area contributed by atoms with E-state index in [9.17, 15) is 4.79 Å². The van der Waals surface area contributed by atoms with Crippen molar-refractivity contribution >= 4 is 30.0 Å². The van der Waals surface area contributed by atoms with Gasteiger partial charge in [-0.25, -0.2) is 0 Å². The number of carbonyl (C=O) groups excluding carboxylic acids is 1. The number of hydrogen-bond donors (Lipinski definition) is 2. The second kappa shape index (κ2) is 6.37. The molecule has 4 nitrogen and oxygen atoms in total. The molecule has 1 aromatic rings. The largest absolute Gasteiger partial charge is 0.398 e. The Hall–Kier alpha value is -1.39. The van der Waals surface area contributed by atoms with Crippen LogP contribution in [-0.4, -0.2) is 24.4 Å². The van der Waals surface area contributed by atoms with Crippen LogP contribution in [0.5, 0.6) is 0 Å². The molecule has 2 rings (SSSR count). The SMILES string of the molecule is Cl.Nc1ccnc(C2=CCCCNC2)c1C=O. The monoisotopic (exact) mass is 253 g/mol. The van der Waals surface area contributed by atoms with Gasteiger partial charge >= 0.3 is 0 Å². The summed E-state index contributed by atoms with van der Waals surface area (Å²) in [4.78, 5) is 15.3. The zero-order valence-corrected chi connectivity index (χ0v) is 10.3. The highest BCUT2D eigenvalue weighted by Gasteiger charge is 2.12. The zero-order chi connectivity index (χ0) is 11.4. The van der Waals surface area contributed by atoms with Crippen molar-refractivity contribution in [3.8, 4) is 0 Å². The Balaban J connectivity index is 0.00000144. The molecule has 1 aliphatic heterocycles. The van der Waals surface area contributed by atoms with Crippen molar-refractivity contribution < 1.29 is 4.79 Å². The van der Waals surface area contributed by atoms with Gasteiger partial charge in [-0.2, -0.15) is 0 Å². The maximum Gasteiger partial charge on any atom is 0.154 e. The number of allylic oxidation sites excluding steroid dienone is 1. The third-order valence-electron chi connectivity index (χ3n) is 2.71. The number of pyridine rings is 1. The summed E-state index contributed by atoms with van der Waals surface area (Å²) in [6, 6.07) is 1.65. The Morgan fingerprint density at radius 3 is 3.06 bits per heavy atom. The Bertz CT molecular complexity index is 432. The van der Waals surface area contributed by atoms with Crippen LogP contribution in [0.15, 0.2) is 18.3 Å². The first-order valence-corrected chi connectivity index (χ1v) is 5.42. The van der Waals surface area contributed by atoms with Crippen molar-refractivity contribution in [2.45, 2.75) is 12.8 Å². The average molecular weight is 254 g/mol. The highest BCUT2D eigenvalue weighted by atomic mass is 35.5. The van der Waals surface area contributed by atoms with Crippen LogP contribution in [0.4, 0.5) is 5.69 Å². The number of halogens is 1. The van der Waals surface area contributed by atoms with Gasteiger partial charge in [-0.3, -0.25) is 9.78 Å². The molecule has 17 heavy (non-hydrogen) atoms. The van der Waals surface area contributed by atoms with Crippen LogP contribution in [0.25, 0.3) is 5.57 Å². The Morgan fingerprint density at radius 1 is 1.47 bits per heavy atom. The molecule has 0 amide bonds. The summed E-state index contributed by atoms with van der Waals surface area (Å²) in [6.45, 7) is 1.75. The summed E-state index contributed by atoms with van der Waals surface area (Å²) in [5.41, 5.74) is 8.52. The van der Waals surface area contributed by atoms with Gasteiger partial charge in [-0.1, -0.05) is 6.08 Å². The molecule has 5 heteroatoms. The first-order valence-electron chi connectivity index (χ1n) is 5.42. The summed E-state index contributed by atoms with van der Waals surface area (Å²) in [5, 5.41) is 3.30. The van der Waals surface area contributed by atoms with Gasteiger partial charge in [-0.15, -0.1) is 12.4 Å². The fourth-order valence-corrected chi connectivity index (χ4v) is 1.85. The minimum Gasteiger partial charge on any atom is -0.398 e. The van der Waals surface area contributed by atoms with Crippen LogP contribution in [-0.2, 0) is 0 Å². The number of hydrogen-bond acceptors (Lipinski definition) is 4. The second-order valence-corrected chi connectivity index (χ2v) is 3.83. The van der Waals surface area contributed by atoms with Crippen LogP contribution in [0.3, 0.4) is 0 Å². The van der Waals surface area contributed by atoms with Crippen LogP contribution >= 0.6 is 12.4 Å². The summed E-state index contributed by atoms with van der Waals surface area (Å²) in [7, 11) is 0. The predicted octanol–water partition coefficient (Wildman–Crippen LogP) is 1.66. The fraction of sp³-hybridized carbons (Fsp3) is 0.333. The van der Waals surface area contributed by atoms with Crippen molar-refractivity contribution in [1.82, 2.24) is 10.3 Å². The summed E-state index contributed by atoms with van der Waals surface area (Å²) < 4.78 is 0. The molecule has 92 valence electrons. The van der Waals surface area contributed by atoms with Crippen LogP contribution in [0, 0.1) is 0 Å². The summed E-state index contributed by atoms with van der Waals surface area (Å²) >= 11 is 0. The maximum atomic E-state index is 11.0. The molecule has 1 aliphatic rings. The molecule has 0 spiro atoms. The fourth-order valence-electron chi connectivity index (χ4n) is 1.85. The molecule has 0 atom stereocenters. The van der Waals surface area contributed by atoms with Gasteiger partial charge in [0.25, 0.3) is 0 Å². The Labute approximate surface area is 107 Å².